The van der Waals surface area contributed by atoms with Crippen LogP contribution in [0.25, 0.3) is 22.0 Å². The van der Waals surface area contributed by atoms with Gasteiger partial charge in [0.2, 0.25) is 0 Å². The van der Waals surface area contributed by atoms with Crippen LogP contribution in [0.15, 0.2) is 70.6 Å². The molecule has 3 fully saturated rings. The maximum absolute atomic E-state index is 14.1. The molecule has 0 unspecified atom stereocenters. The maximum Gasteiger partial charge on any atom is 0.416 e. The van der Waals surface area contributed by atoms with E-state index in [0.717, 1.165) is 24.3 Å². The zero-order chi connectivity index (χ0) is 28.3. The first-order valence-corrected chi connectivity index (χ1v) is 13.2. The average Bonchev–Trinajstić information content (AvgIpc) is 3.29. The molecule has 5 nitrogen and oxygen atoms in total. The molecule has 1 heterocycles. The van der Waals surface area contributed by atoms with E-state index in [1.54, 1.807) is 18.3 Å². The molecule has 3 aromatic carbocycles. The normalized spacial score (nSPS) is 21.4. The Morgan fingerprint density at radius 3 is 2.40 bits per heavy atom. The molecule has 4 aromatic rings. The summed E-state index contributed by atoms with van der Waals surface area (Å²) in [6, 6.07) is 11.5. The van der Waals surface area contributed by atoms with Gasteiger partial charge in [-0.15, -0.1) is 0 Å². The third kappa shape index (κ3) is 4.51. The molecule has 3 aliphatic rings. The number of alkyl halides is 3. The van der Waals surface area contributed by atoms with Crippen LogP contribution >= 0.6 is 11.8 Å². The third-order valence-electron chi connectivity index (χ3n) is 7.66. The molecule has 40 heavy (non-hydrogen) atoms. The lowest BCUT2D eigenvalue weighted by Crippen LogP contribution is -2.75. The van der Waals surface area contributed by atoms with E-state index in [1.807, 2.05) is 0 Å². The van der Waals surface area contributed by atoms with Crippen LogP contribution in [0, 0.1) is 17.0 Å². The van der Waals surface area contributed by atoms with E-state index in [9.17, 15) is 31.5 Å². The highest BCUT2D eigenvalue weighted by Crippen LogP contribution is 2.67. The summed E-state index contributed by atoms with van der Waals surface area (Å²) in [7, 11) is 0. The van der Waals surface area contributed by atoms with E-state index in [2.05, 4.69) is 10.3 Å². The molecule has 0 atom stereocenters. The van der Waals surface area contributed by atoms with Crippen molar-refractivity contribution in [2.45, 2.75) is 40.8 Å². The Kier molecular flexibility index (Phi) is 6.17. The van der Waals surface area contributed by atoms with Crippen LogP contribution in [0.5, 0.6) is 0 Å². The van der Waals surface area contributed by atoms with E-state index in [1.165, 1.54) is 30.0 Å². The molecule has 7 rings (SSSR count). The van der Waals surface area contributed by atoms with Crippen molar-refractivity contribution in [1.82, 2.24) is 10.3 Å². The van der Waals surface area contributed by atoms with E-state index in [4.69, 9.17) is 4.74 Å². The predicted octanol–water partition coefficient (Wildman–Crippen LogP) is 7.11. The summed E-state index contributed by atoms with van der Waals surface area (Å²) in [5.74, 6) is -2.34. The van der Waals surface area contributed by atoms with Gasteiger partial charge in [-0.2, -0.15) is 13.2 Å². The first-order chi connectivity index (χ1) is 19.0. The summed E-state index contributed by atoms with van der Waals surface area (Å²) in [6.45, 7) is 0.728. The standard InChI is InChI=1S/C29H21F5N2O3S/c30-21-8-1-16(9-22(21)31)19-6-7-20(26(38)36-28-11-27(12-28,13-28)14-39-15-37)24-23(10-35-25(19)24)40-18-4-2-17(3-5-18)29(32,33)34/h1-10,15,35H,11-14H2,(H,36,38). The SMILES string of the molecule is O=COCC12CC(NC(=O)c3ccc(-c4ccc(F)c(F)c4)c4[nH]cc(Sc5ccc(C(F)(F)F)cc5)c34)(C1)C2. The lowest BCUT2D eigenvalue weighted by molar-refractivity contribution is -0.184. The molecule has 0 radical (unpaired) electrons. The van der Waals surface area contributed by atoms with Crippen molar-refractivity contribution in [1.29, 1.82) is 0 Å². The number of carbonyl (C=O) groups excluding carboxylic acids is 2. The number of benzene rings is 3. The summed E-state index contributed by atoms with van der Waals surface area (Å²) >= 11 is 1.18. The van der Waals surface area contributed by atoms with Crippen LogP contribution in [0.3, 0.4) is 0 Å². The number of fused-ring (bicyclic) bond motifs is 1. The number of aromatic nitrogens is 1. The van der Waals surface area contributed by atoms with Gasteiger partial charge in [-0.1, -0.05) is 23.9 Å². The van der Waals surface area contributed by atoms with Gasteiger partial charge in [0.1, 0.15) is 0 Å². The second-order valence-electron chi connectivity index (χ2n) is 10.5. The van der Waals surface area contributed by atoms with Crippen molar-refractivity contribution >= 4 is 35.0 Å². The molecule has 2 N–H and O–H groups in total. The van der Waals surface area contributed by atoms with Gasteiger partial charge in [0.15, 0.2) is 11.6 Å². The number of carbonyl (C=O) groups is 2. The quantitative estimate of drug-likeness (QED) is 0.174. The highest BCUT2D eigenvalue weighted by atomic mass is 32.2. The molecular weight excluding hydrogens is 551 g/mol. The minimum atomic E-state index is -4.46. The van der Waals surface area contributed by atoms with Crippen LogP contribution in [0.1, 0.15) is 35.2 Å². The maximum atomic E-state index is 14.1. The Morgan fingerprint density at radius 2 is 1.75 bits per heavy atom. The molecule has 0 spiro atoms. The Morgan fingerprint density at radius 1 is 1.02 bits per heavy atom. The van der Waals surface area contributed by atoms with Gasteiger partial charge >= 0.3 is 6.18 Å². The number of ether oxygens (including phenoxy) is 1. The number of aromatic amines is 1. The van der Waals surface area contributed by atoms with Crippen LogP contribution in [0.4, 0.5) is 22.0 Å². The molecule has 11 heteroatoms. The molecular formula is C29H21F5N2O3S. The van der Waals surface area contributed by atoms with Gasteiger partial charge in [0.25, 0.3) is 12.4 Å². The Hall–Kier alpha value is -3.86. The van der Waals surface area contributed by atoms with Crippen LogP contribution in [-0.4, -0.2) is 29.5 Å². The van der Waals surface area contributed by atoms with Gasteiger partial charge in [-0.25, -0.2) is 8.78 Å². The number of hydrogen-bond acceptors (Lipinski definition) is 4. The molecule has 0 saturated heterocycles. The molecule has 1 aromatic heterocycles. The van der Waals surface area contributed by atoms with Crippen LogP contribution in [0.2, 0.25) is 0 Å². The molecule has 1 amide bonds. The molecule has 3 saturated carbocycles. The van der Waals surface area contributed by atoms with Gasteiger partial charge in [0.05, 0.1) is 17.7 Å². The van der Waals surface area contributed by atoms with E-state index >= 15 is 0 Å². The zero-order valence-electron chi connectivity index (χ0n) is 20.7. The first-order valence-electron chi connectivity index (χ1n) is 12.3. The minimum absolute atomic E-state index is 0.0995. The molecule has 206 valence electrons. The second-order valence-corrected chi connectivity index (χ2v) is 11.6. The van der Waals surface area contributed by atoms with E-state index in [-0.39, 0.29) is 16.9 Å². The number of nitrogens with one attached hydrogen (secondary N) is 2. The number of hydrogen-bond donors (Lipinski definition) is 2. The fourth-order valence-electron chi connectivity index (χ4n) is 6.03. The highest BCUT2D eigenvalue weighted by molar-refractivity contribution is 7.99. The Bertz CT molecular complexity index is 1630. The van der Waals surface area contributed by atoms with Crippen molar-refractivity contribution in [3.05, 3.63) is 83.6 Å². The van der Waals surface area contributed by atoms with Crippen LogP contribution in [-0.2, 0) is 15.7 Å². The van der Waals surface area contributed by atoms with Crippen molar-refractivity contribution < 1.29 is 36.3 Å². The number of rotatable bonds is 8. The number of halogens is 5. The smallest absolute Gasteiger partial charge is 0.416 e. The predicted molar refractivity (Wildman–Crippen MR) is 138 cm³/mol. The van der Waals surface area contributed by atoms with E-state index < -0.39 is 23.4 Å². The second kappa shape index (κ2) is 9.36. The summed E-state index contributed by atoms with van der Waals surface area (Å²) in [5.41, 5.74) is 0.497. The Balaban J connectivity index is 1.36. The zero-order valence-corrected chi connectivity index (χ0v) is 21.5. The van der Waals surface area contributed by atoms with Gasteiger partial charge in [-0.3, -0.25) is 9.59 Å². The fraction of sp³-hybridized carbons (Fsp3) is 0.241. The first kappa shape index (κ1) is 26.4. The van der Waals surface area contributed by atoms with Gasteiger partial charge in [0, 0.05) is 43.5 Å². The molecule has 0 aliphatic heterocycles. The Labute approximate surface area is 229 Å². The highest BCUT2D eigenvalue weighted by Gasteiger charge is 2.68. The monoisotopic (exact) mass is 572 g/mol. The van der Waals surface area contributed by atoms with Gasteiger partial charge in [-0.05, 0) is 67.3 Å². The topological polar surface area (TPSA) is 71.2 Å². The third-order valence-corrected chi connectivity index (χ3v) is 8.71. The van der Waals surface area contributed by atoms with Crippen LogP contribution < -0.4 is 5.32 Å². The molecule has 2 bridgehead atoms. The molecule has 3 aliphatic carbocycles. The number of amides is 1. The van der Waals surface area contributed by atoms with Crippen molar-refractivity contribution in [2.75, 3.05) is 6.61 Å². The minimum Gasteiger partial charge on any atom is -0.467 e. The van der Waals surface area contributed by atoms with E-state index in [0.29, 0.717) is 69.7 Å². The lowest BCUT2D eigenvalue weighted by Gasteiger charge is -2.70. The summed E-state index contributed by atoms with van der Waals surface area (Å²) in [4.78, 5) is 28.3. The number of H-pyrrole nitrogens is 1. The average molecular weight is 573 g/mol. The summed E-state index contributed by atoms with van der Waals surface area (Å²) in [5, 5.41) is 3.62. The largest absolute Gasteiger partial charge is 0.467 e. The summed E-state index contributed by atoms with van der Waals surface area (Å²) in [6.07, 6.45) is -0.754. The van der Waals surface area contributed by atoms with Gasteiger partial charge < -0.3 is 15.0 Å². The lowest BCUT2D eigenvalue weighted by atomic mass is 9.39. The van der Waals surface area contributed by atoms with Crippen molar-refractivity contribution in [3.63, 3.8) is 0 Å². The van der Waals surface area contributed by atoms with Crippen molar-refractivity contribution in [3.8, 4) is 11.1 Å². The fourth-order valence-corrected chi connectivity index (χ4v) is 6.99. The van der Waals surface area contributed by atoms with Crippen molar-refractivity contribution in [2.24, 2.45) is 5.41 Å². The summed E-state index contributed by atoms with van der Waals surface area (Å²) < 4.78 is 71.7.